The topological polar surface area (TPSA) is 176 Å². The molecule has 3 rings (SSSR count). The van der Waals surface area contributed by atoms with Crippen LogP contribution in [0.5, 0.6) is 0 Å². The summed E-state index contributed by atoms with van der Waals surface area (Å²) >= 11 is 2.60. The van der Waals surface area contributed by atoms with Gasteiger partial charge < -0.3 is 10.4 Å². The smallest absolute Gasteiger partial charge is 0.299 e. The second-order valence-electron chi connectivity index (χ2n) is 8.00. The molecule has 3 aromatic rings. The Kier molecular flexibility index (Phi) is 8.28. The summed E-state index contributed by atoms with van der Waals surface area (Å²) in [5.41, 5.74) is 12.8. The summed E-state index contributed by atoms with van der Waals surface area (Å²) in [4.78, 5) is 13.6. The first-order valence-corrected chi connectivity index (χ1v) is 13.8. The highest BCUT2D eigenvalue weighted by Gasteiger charge is 2.21. The van der Waals surface area contributed by atoms with Gasteiger partial charge in [0.15, 0.2) is 21.8 Å². The first-order chi connectivity index (χ1) is 15.6. The lowest BCUT2D eigenvalue weighted by Crippen LogP contribution is -2.26. The van der Waals surface area contributed by atoms with Crippen LogP contribution in [0, 0.1) is 17.2 Å². The number of fused-ring (bicyclic) bond motifs is 1. The van der Waals surface area contributed by atoms with Crippen LogP contribution >= 0.6 is 30.7 Å². The molecule has 0 aliphatic rings. The predicted octanol–water partition coefficient (Wildman–Crippen LogP) is 4.07. The fourth-order valence-electron chi connectivity index (χ4n) is 3.18. The molecule has 0 fully saturated rings. The lowest BCUT2D eigenvalue weighted by Gasteiger charge is -2.19. The molecule has 1 unspecified atom stereocenters. The van der Waals surface area contributed by atoms with Crippen LogP contribution in [0.2, 0.25) is 0 Å². The molecule has 10 nitrogen and oxygen atoms in total. The Hall–Kier alpha value is -2.26. The van der Waals surface area contributed by atoms with Gasteiger partial charge in [-0.2, -0.15) is 10.2 Å². The van der Waals surface area contributed by atoms with Crippen molar-refractivity contribution in [3.8, 4) is 6.07 Å². The molecule has 0 saturated heterocycles. The van der Waals surface area contributed by atoms with Gasteiger partial charge in [0.05, 0.1) is 24.3 Å². The van der Waals surface area contributed by atoms with E-state index in [1.54, 1.807) is 6.07 Å². The number of nitrogens with two attached hydrogens (primary N) is 2. The van der Waals surface area contributed by atoms with E-state index in [-0.39, 0.29) is 23.0 Å². The largest absolute Gasteiger partial charge is 0.394 e. The first kappa shape index (κ1) is 25.4. The molecule has 7 N–H and O–H groups in total. The molecule has 2 atom stereocenters. The van der Waals surface area contributed by atoms with E-state index in [1.807, 2.05) is 25.1 Å². The summed E-state index contributed by atoms with van der Waals surface area (Å²) in [6, 6.07) is 9.33. The van der Waals surface area contributed by atoms with Gasteiger partial charge in [0.2, 0.25) is 0 Å². The number of benzene rings is 1. The zero-order chi connectivity index (χ0) is 24.2. The van der Waals surface area contributed by atoms with E-state index in [0.29, 0.717) is 32.8 Å². The highest BCUT2D eigenvalue weighted by atomic mass is 32.2. The summed E-state index contributed by atoms with van der Waals surface area (Å²) in [5.74, 6) is 0.891. The maximum absolute atomic E-state index is 11.8. The Balaban J connectivity index is 1.98. The van der Waals surface area contributed by atoms with E-state index in [1.165, 1.54) is 23.1 Å². The van der Waals surface area contributed by atoms with Crippen molar-refractivity contribution in [1.82, 2.24) is 15.0 Å². The van der Waals surface area contributed by atoms with Crippen molar-refractivity contribution in [3.05, 3.63) is 35.4 Å². The number of nitrogens with zero attached hydrogens (tertiary/aromatic N) is 4. The summed E-state index contributed by atoms with van der Waals surface area (Å²) < 4.78 is 12.4. The number of nitrogens with one attached hydrogen (secondary N) is 2. The zero-order valence-corrected chi connectivity index (χ0v) is 21.0. The van der Waals surface area contributed by atoms with E-state index in [9.17, 15) is 14.9 Å². The number of aliphatic hydroxyl groups is 1. The Morgan fingerprint density at radius 3 is 2.67 bits per heavy atom. The minimum atomic E-state index is -3.53. The molecule has 13 heteroatoms. The second kappa shape index (κ2) is 10.8. The Morgan fingerprint density at radius 2 is 2.03 bits per heavy atom. The van der Waals surface area contributed by atoms with Gasteiger partial charge in [0.1, 0.15) is 4.70 Å². The van der Waals surface area contributed by atoms with Gasteiger partial charge in [-0.3, -0.25) is 20.7 Å². The third-order valence-electron chi connectivity index (χ3n) is 4.59. The third kappa shape index (κ3) is 7.11. The molecule has 0 aliphatic heterocycles. The normalized spacial score (nSPS) is 13.6. The molecule has 0 aliphatic carbocycles. The molecule has 2 aromatic heterocycles. The summed E-state index contributed by atoms with van der Waals surface area (Å²) in [5, 5.41) is 25.6. The summed E-state index contributed by atoms with van der Waals surface area (Å²) in [6.07, 6.45) is 0.743. The summed E-state index contributed by atoms with van der Waals surface area (Å²) in [7, 11) is -3.53. The van der Waals surface area contributed by atoms with Gasteiger partial charge in [-0.1, -0.05) is 49.1 Å². The van der Waals surface area contributed by atoms with Crippen LogP contribution in [-0.4, -0.2) is 32.7 Å². The van der Waals surface area contributed by atoms with Crippen molar-refractivity contribution in [2.45, 2.75) is 43.6 Å². The van der Waals surface area contributed by atoms with Crippen molar-refractivity contribution in [2.75, 3.05) is 17.0 Å². The molecule has 0 saturated carbocycles. The minimum absolute atomic E-state index is 0.0302. The fraction of sp³-hybridized carbons (Fsp3) is 0.400. The predicted molar refractivity (Wildman–Crippen MR) is 134 cm³/mol. The molecule has 33 heavy (non-hydrogen) atoms. The number of aliphatic hydroxyl groups excluding tert-OH is 1. The van der Waals surface area contributed by atoms with Crippen LogP contribution in [-0.2, 0) is 4.57 Å². The monoisotopic (exact) mass is 506 g/mol. The maximum Gasteiger partial charge on any atom is 0.299 e. The molecule has 0 spiro atoms. The number of rotatable bonds is 10. The van der Waals surface area contributed by atoms with Gasteiger partial charge in [-0.05, 0) is 37.0 Å². The lowest BCUT2D eigenvalue weighted by molar-refractivity contribution is 0.259. The molecular weight excluding hydrogens is 479 g/mol. The first-order valence-electron chi connectivity index (χ1n) is 10.3. The fourth-order valence-corrected chi connectivity index (χ4v) is 5.73. The van der Waals surface area contributed by atoms with Crippen molar-refractivity contribution in [2.24, 2.45) is 16.9 Å². The molecule has 1 aromatic carbocycles. The van der Waals surface area contributed by atoms with Gasteiger partial charge in [-0.15, -0.1) is 0 Å². The van der Waals surface area contributed by atoms with Gasteiger partial charge in [-0.25, -0.2) is 9.97 Å². The van der Waals surface area contributed by atoms with Crippen molar-refractivity contribution in [3.63, 3.8) is 0 Å². The molecule has 2 heterocycles. The number of hydrogen-bond donors (Lipinski definition) is 5. The molecule has 0 bridgehead atoms. The van der Waals surface area contributed by atoms with Crippen LogP contribution in [0.15, 0.2) is 29.4 Å². The Bertz CT molecular complexity index is 1210. The van der Waals surface area contributed by atoms with E-state index >= 15 is 0 Å². The van der Waals surface area contributed by atoms with E-state index in [0.717, 1.165) is 12.0 Å². The third-order valence-corrected chi connectivity index (χ3v) is 7.29. The van der Waals surface area contributed by atoms with E-state index in [4.69, 9.17) is 11.0 Å². The van der Waals surface area contributed by atoms with Gasteiger partial charge >= 0.3 is 0 Å². The second-order valence-corrected chi connectivity index (χ2v) is 11.9. The van der Waals surface area contributed by atoms with Crippen LogP contribution in [0.25, 0.3) is 10.3 Å². The van der Waals surface area contributed by atoms with Crippen LogP contribution in [0.3, 0.4) is 0 Å². The number of hydrogen-bond acceptors (Lipinski definition) is 9. The Labute approximate surface area is 200 Å². The quantitative estimate of drug-likeness (QED) is 0.152. The van der Waals surface area contributed by atoms with Crippen molar-refractivity contribution in [1.29, 1.82) is 5.26 Å². The highest BCUT2D eigenvalue weighted by Crippen LogP contribution is 2.39. The van der Waals surface area contributed by atoms with Crippen molar-refractivity contribution < 1.29 is 9.67 Å². The number of nitriles is 1. The standard InChI is InChI=1S/C20H27N8O2PS2/c1-11(2)7-15(10-29)24-17-16-18(27-20(33-16)28-31(22,23)30)26-19(25-17)32-12(3)14-6-4-5-13(8-14)9-21/h4-6,8,11-12,15,29H,7,10H2,1-3H3,(H6,22,23,24,25,26,27,28,30)/t12?,15-/m1/s1. The number of thiazole rings is 1. The highest BCUT2D eigenvalue weighted by molar-refractivity contribution is 7.99. The molecule has 0 radical (unpaired) electrons. The molecule has 176 valence electrons. The average Bonchev–Trinajstić information content (AvgIpc) is 3.13. The number of anilines is 2. The molecule has 0 amide bonds. The zero-order valence-electron chi connectivity index (χ0n) is 18.5. The van der Waals surface area contributed by atoms with Gasteiger partial charge in [0, 0.05) is 5.25 Å². The number of thioether (sulfide) groups is 1. The number of aromatic nitrogens is 3. The lowest BCUT2D eigenvalue weighted by atomic mass is 10.0. The van der Waals surface area contributed by atoms with Crippen LogP contribution < -0.4 is 21.4 Å². The minimum Gasteiger partial charge on any atom is -0.394 e. The maximum atomic E-state index is 11.8. The van der Waals surface area contributed by atoms with E-state index < -0.39 is 7.59 Å². The van der Waals surface area contributed by atoms with E-state index in [2.05, 4.69) is 45.3 Å². The van der Waals surface area contributed by atoms with Crippen LogP contribution in [0.4, 0.5) is 10.9 Å². The van der Waals surface area contributed by atoms with Crippen molar-refractivity contribution >= 4 is 52.0 Å². The Morgan fingerprint density at radius 1 is 1.27 bits per heavy atom. The SMILES string of the molecule is CC(C)C[C@H](CO)Nc1nc(SC(C)c2cccc(C#N)c2)nc2nc(NP(N)(N)=O)sc12. The molecular formula is C20H27N8O2PS2. The summed E-state index contributed by atoms with van der Waals surface area (Å²) in [6.45, 7) is 6.10. The average molecular weight is 507 g/mol. The van der Waals surface area contributed by atoms with Crippen LogP contribution in [0.1, 0.15) is 43.6 Å². The van der Waals surface area contributed by atoms with Gasteiger partial charge in [0.25, 0.3) is 7.59 Å².